The molecule has 0 spiro atoms. The molecular formula is C50H58N6O12. The molecule has 0 bridgehead atoms. The molecule has 2 unspecified atom stereocenters. The van der Waals surface area contributed by atoms with E-state index >= 15 is 0 Å². The van der Waals surface area contributed by atoms with Crippen molar-refractivity contribution in [2.75, 3.05) is 6.54 Å². The molecule has 4 aliphatic heterocycles. The van der Waals surface area contributed by atoms with Crippen molar-refractivity contribution in [3.63, 3.8) is 0 Å². The van der Waals surface area contributed by atoms with Crippen LogP contribution in [-0.4, -0.2) is 99.2 Å². The van der Waals surface area contributed by atoms with Crippen LogP contribution in [0, 0.1) is 0 Å². The molecule has 4 aromatic carbocycles. The first-order valence-electron chi connectivity index (χ1n) is 21.6. The summed E-state index contributed by atoms with van der Waals surface area (Å²) < 4.78 is 12.6. The standard InChI is InChI=1S/C24H25N3O4.C22H21N3O4.2CH2O2.2CH4/c1-2-25-22-17-6-4-3-5-14(17)12-20(22)31-16-7-8-18-15(11-16)13-27(24(18)30)19-9-10-21(28)26-23(19)29;23-20-15-4-2-1-3-12(15)10-18(20)29-14-5-6-16-13(9-14)11-25(22(16)28)17-7-8-19(26)24-21(17)27;2*2-1-3;;/h3-8,11,19-20,22,25H,2,9-10,12-13H2,1H3,(H,26,28,29);1-6,9,17-18,20H,7-8,10-11,23H2,(H,24,26,27);2*1H,(H,2,3);2*1H4/t19?,20-,22-;17?,18-,20-;;;;/m00..../s1. The van der Waals surface area contributed by atoms with E-state index in [-0.39, 0.29) is 88.6 Å². The Morgan fingerprint density at radius 3 is 1.53 bits per heavy atom. The number of nitrogens with zero attached hydrogens (tertiary/aromatic N) is 2. The van der Waals surface area contributed by atoms with Crippen LogP contribution in [0.4, 0.5) is 0 Å². The number of nitrogens with two attached hydrogens (primary N) is 1. The maximum Gasteiger partial charge on any atom is 0.290 e. The van der Waals surface area contributed by atoms with Crippen LogP contribution in [0.1, 0.15) is 114 Å². The second-order valence-electron chi connectivity index (χ2n) is 16.3. The summed E-state index contributed by atoms with van der Waals surface area (Å²) >= 11 is 0. The first-order valence-corrected chi connectivity index (χ1v) is 21.6. The van der Waals surface area contributed by atoms with Gasteiger partial charge in [-0.05, 0) is 89.2 Å². The molecule has 18 nitrogen and oxygen atoms in total. The number of imide groups is 2. The number of benzene rings is 4. The summed E-state index contributed by atoms with van der Waals surface area (Å²) in [5.74, 6) is -0.360. The summed E-state index contributed by atoms with van der Waals surface area (Å²) in [7, 11) is 0. The number of amides is 6. The Morgan fingerprint density at radius 2 is 1.07 bits per heavy atom. The molecule has 0 radical (unpaired) electrons. The Hall–Kier alpha value is -7.44. The van der Waals surface area contributed by atoms with Crippen molar-refractivity contribution < 1.29 is 58.0 Å². The highest BCUT2D eigenvalue weighted by Crippen LogP contribution is 2.37. The van der Waals surface area contributed by atoms with Crippen molar-refractivity contribution in [3.8, 4) is 11.5 Å². The SMILES string of the molecule is C.C.CCN[C@H]1c2ccccc2C[C@@H]1Oc1ccc2c(c1)CN(C1CCC(=O)NC1=O)C2=O.N[C@H]1c2ccccc2C[C@@H]1Oc1ccc2c(c1)CN(C1CCC(=O)NC1=O)C2=O.O=CO.O=CO. The molecule has 4 heterocycles. The van der Waals surface area contributed by atoms with Crippen molar-refractivity contribution in [1.29, 1.82) is 0 Å². The zero-order chi connectivity index (χ0) is 47.1. The van der Waals surface area contributed by atoms with Crippen LogP contribution < -0.4 is 31.2 Å². The van der Waals surface area contributed by atoms with Gasteiger partial charge in [-0.2, -0.15) is 0 Å². The van der Waals surface area contributed by atoms with E-state index in [0.717, 1.165) is 41.8 Å². The molecule has 68 heavy (non-hydrogen) atoms. The van der Waals surface area contributed by atoms with Gasteiger partial charge in [-0.25, -0.2) is 0 Å². The number of likely N-dealkylation sites (N-methyl/N-ethyl adjacent to an activating group) is 1. The average Bonchev–Trinajstić information content (AvgIpc) is 4.01. The second kappa shape index (κ2) is 22.8. The lowest BCUT2D eigenvalue weighted by atomic mass is 10.0. The van der Waals surface area contributed by atoms with Crippen LogP contribution in [0.15, 0.2) is 84.9 Å². The quantitative estimate of drug-likeness (QED) is 0.107. The lowest BCUT2D eigenvalue weighted by Crippen LogP contribution is -2.52. The van der Waals surface area contributed by atoms with Crippen LogP contribution in [0.2, 0.25) is 0 Å². The predicted molar refractivity (Wildman–Crippen MR) is 248 cm³/mol. The van der Waals surface area contributed by atoms with Gasteiger partial charge in [0.2, 0.25) is 23.6 Å². The van der Waals surface area contributed by atoms with Gasteiger partial charge in [-0.15, -0.1) is 0 Å². The van der Waals surface area contributed by atoms with E-state index in [4.69, 9.17) is 35.0 Å². The Labute approximate surface area is 394 Å². The number of carboxylic acid groups (broad SMARTS) is 2. The maximum absolute atomic E-state index is 12.9. The van der Waals surface area contributed by atoms with Crippen LogP contribution >= 0.6 is 0 Å². The van der Waals surface area contributed by atoms with Crippen LogP contribution in [0.3, 0.4) is 0 Å². The van der Waals surface area contributed by atoms with Gasteiger partial charge in [0.05, 0.1) is 12.1 Å². The Balaban J connectivity index is 0.000000222. The average molecular weight is 935 g/mol. The molecule has 6 amide bonds. The van der Waals surface area contributed by atoms with Crippen LogP contribution in [0.25, 0.3) is 0 Å². The van der Waals surface area contributed by atoms with Crippen LogP contribution in [0.5, 0.6) is 11.5 Å². The minimum atomic E-state index is -0.616. The Kier molecular flexibility index (Phi) is 17.3. The Bertz CT molecular complexity index is 2540. The van der Waals surface area contributed by atoms with Gasteiger partial charge in [0.15, 0.2) is 0 Å². The number of piperidine rings is 2. The summed E-state index contributed by atoms with van der Waals surface area (Å²) in [6.45, 7) is 3.11. The summed E-state index contributed by atoms with van der Waals surface area (Å²) in [5.41, 5.74) is 14.1. The van der Waals surface area contributed by atoms with Gasteiger partial charge in [0, 0.05) is 49.9 Å². The summed E-state index contributed by atoms with van der Waals surface area (Å²) in [6.07, 6.45) is 2.58. The number of nitrogens with one attached hydrogen (secondary N) is 3. The van der Waals surface area contributed by atoms with E-state index in [9.17, 15) is 28.8 Å². The molecule has 6 atom stereocenters. The van der Waals surface area contributed by atoms with E-state index in [2.05, 4.69) is 53.2 Å². The van der Waals surface area contributed by atoms with E-state index in [0.29, 0.717) is 42.8 Å². The molecule has 0 saturated carbocycles. The van der Waals surface area contributed by atoms with Crippen molar-refractivity contribution in [3.05, 3.63) is 129 Å². The number of carbonyl (C=O) groups excluding carboxylic acids is 6. The first kappa shape index (κ1) is 51.5. The van der Waals surface area contributed by atoms with Crippen molar-refractivity contribution in [2.24, 2.45) is 5.73 Å². The minimum absolute atomic E-state index is 0. The second-order valence-corrected chi connectivity index (χ2v) is 16.3. The molecule has 0 aromatic heterocycles. The van der Waals surface area contributed by atoms with Crippen molar-refractivity contribution >= 4 is 48.4 Å². The van der Waals surface area contributed by atoms with E-state index in [1.807, 2.05) is 36.4 Å². The van der Waals surface area contributed by atoms with Crippen molar-refractivity contribution in [1.82, 2.24) is 25.8 Å². The third-order valence-electron chi connectivity index (χ3n) is 12.4. The number of ether oxygens (including phenoxy) is 2. The molecule has 2 aliphatic carbocycles. The van der Waals surface area contributed by atoms with Gasteiger partial charge >= 0.3 is 0 Å². The van der Waals surface area contributed by atoms with Gasteiger partial charge in [-0.1, -0.05) is 70.3 Å². The highest BCUT2D eigenvalue weighted by atomic mass is 16.5. The van der Waals surface area contributed by atoms with E-state index in [1.54, 1.807) is 23.1 Å². The van der Waals surface area contributed by atoms with Gasteiger partial charge in [0.25, 0.3) is 24.8 Å². The zero-order valence-corrected chi connectivity index (χ0v) is 36.0. The third-order valence-corrected chi connectivity index (χ3v) is 12.4. The lowest BCUT2D eigenvalue weighted by molar-refractivity contribution is -0.138. The summed E-state index contributed by atoms with van der Waals surface area (Å²) in [4.78, 5) is 92.7. The number of carbonyl (C=O) groups is 8. The van der Waals surface area contributed by atoms with Gasteiger partial charge in [-0.3, -0.25) is 49.0 Å². The normalized spacial score (nSPS) is 22.6. The third kappa shape index (κ3) is 10.9. The first-order chi connectivity index (χ1) is 31.9. The smallest absolute Gasteiger partial charge is 0.290 e. The molecular weight excluding hydrogens is 877 g/mol. The molecule has 360 valence electrons. The fourth-order valence-corrected chi connectivity index (χ4v) is 9.43. The highest BCUT2D eigenvalue weighted by molar-refractivity contribution is 6.06. The molecule has 7 N–H and O–H groups in total. The molecule has 10 rings (SSSR count). The largest absolute Gasteiger partial charge is 0.488 e. The molecule has 2 saturated heterocycles. The highest BCUT2D eigenvalue weighted by Gasteiger charge is 2.41. The maximum atomic E-state index is 12.9. The zero-order valence-electron chi connectivity index (χ0n) is 36.0. The van der Waals surface area contributed by atoms with E-state index < -0.39 is 23.9 Å². The number of hydrogen-bond acceptors (Lipinski definition) is 12. The van der Waals surface area contributed by atoms with Crippen LogP contribution in [-0.2, 0) is 54.7 Å². The van der Waals surface area contributed by atoms with E-state index in [1.165, 1.54) is 21.6 Å². The molecule has 4 aromatic rings. The predicted octanol–water partition coefficient (Wildman–Crippen LogP) is 4.23. The summed E-state index contributed by atoms with van der Waals surface area (Å²) in [5, 5.41) is 22.0. The van der Waals surface area contributed by atoms with Gasteiger partial charge in [0.1, 0.15) is 35.8 Å². The molecule has 2 fully saturated rings. The molecule has 18 heteroatoms. The summed E-state index contributed by atoms with van der Waals surface area (Å²) in [6, 6.07) is 26.1. The monoisotopic (exact) mass is 934 g/mol. The number of rotatable bonds is 8. The number of fused-ring (bicyclic) bond motifs is 4. The fraction of sp³-hybridized carbons (Fsp3) is 0.360. The number of hydrogen-bond donors (Lipinski definition) is 6. The van der Waals surface area contributed by atoms with Crippen molar-refractivity contribution in [2.45, 2.75) is 110 Å². The molecule has 6 aliphatic rings. The van der Waals surface area contributed by atoms with Gasteiger partial charge < -0.3 is 40.5 Å². The lowest BCUT2D eigenvalue weighted by Gasteiger charge is -2.29. The Morgan fingerprint density at radius 1 is 0.647 bits per heavy atom. The topological polar surface area (TPSA) is 264 Å². The fourth-order valence-electron chi connectivity index (χ4n) is 9.43. The minimum Gasteiger partial charge on any atom is -0.488 e.